The molecule has 0 spiro atoms. The highest BCUT2D eigenvalue weighted by Gasteiger charge is 2.33. The molecule has 1 aromatic rings. The molecule has 5 nitrogen and oxygen atoms in total. The number of nitrogens with two attached hydrogens (primary N) is 1. The Hall–Kier alpha value is -1.88. The first kappa shape index (κ1) is 18.5. The molecule has 1 fully saturated rings. The van der Waals surface area contributed by atoms with Gasteiger partial charge in [-0.2, -0.15) is 0 Å². The van der Waals surface area contributed by atoms with E-state index in [1.807, 2.05) is 37.4 Å². The van der Waals surface area contributed by atoms with Crippen molar-refractivity contribution in [1.29, 1.82) is 0 Å². The number of benzene rings is 1. The number of amides is 1. The zero-order valence-electron chi connectivity index (χ0n) is 14.6. The minimum Gasteiger partial charge on any atom is -0.469 e. The molecule has 0 aromatic heterocycles. The third-order valence-electron chi connectivity index (χ3n) is 4.94. The van der Waals surface area contributed by atoms with Crippen LogP contribution in [0.4, 0.5) is 0 Å². The lowest BCUT2D eigenvalue weighted by molar-refractivity contribution is -0.147. The van der Waals surface area contributed by atoms with Crippen LogP contribution < -0.4 is 5.73 Å². The van der Waals surface area contributed by atoms with Crippen LogP contribution in [-0.4, -0.2) is 43.0 Å². The molecule has 0 unspecified atom stereocenters. The van der Waals surface area contributed by atoms with Crippen LogP contribution in [0.25, 0.3) is 0 Å². The molecular weight excluding hydrogens is 304 g/mol. The van der Waals surface area contributed by atoms with Gasteiger partial charge in [-0.3, -0.25) is 9.59 Å². The van der Waals surface area contributed by atoms with Crippen LogP contribution in [-0.2, 0) is 20.7 Å². The van der Waals surface area contributed by atoms with E-state index in [1.165, 1.54) is 7.11 Å². The second-order valence-corrected chi connectivity index (χ2v) is 6.63. The van der Waals surface area contributed by atoms with Gasteiger partial charge in [0.05, 0.1) is 19.4 Å². The highest BCUT2D eigenvalue weighted by atomic mass is 16.5. The fourth-order valence-corrected chi connectivity index (χ4v) is 3.50. The van der Waals surface area contributed by atoms with Gasteiger partial charge in [-0.1, -0.05) is 43.2 Å². The lowest BCUT2D eigenvalue weighted by atomic mass is 9.88. The standard InChI is InChI=1S/C19H28N2O3/c1-21(17-11-7-6-10-16(17)20)19(23)15(13-18(22)24-2)12-14-8-4-3-5-9-14/h3-5,8-9,15-17H,6-7,10-13,20H2,1-2H3/t15-,16+,17+/m1/s1. The van der Waals surface area contributed by atoms with E-state index in [1.54, 1.807) is 4.90 Å². The molecule has 1 aliphatic carbocycles. The molecule has 24 heavy (non-hydrogen) atoms. The van der Waals surface area contributed by atoms with Gasteiger partial charge in [0.15, 0.2) is 0 Å². The zero-order valence-corrected chi connectivity index (χ0v) is 14.6. The highest BCUT2D eigenvalue weighted by molar-refractivity contribution is 5.84. The van der Waals surface area contributed by atoms with Gasteiger partial charge in [0.1, 0.15) is 0 Å². The molecule has 0 heterocycles. The number of hydrogen-bond acceptors (Lipinski definition) is 4. The molecule has 1 aromatic carbocycles. The summed E-state index contributed by atoms with van der Waals surface area (Å²) in [6.07, 6.45) is 4.71. The summed E-state index contributed by atoms with van der Waals surface area (Å²) in [4.78, 5) is 26.5. The van der Waals surface area contributed by atoms with E-state index in [0.29, 0.717) is 6.42 Å². The predicted molar refractivity (Wildman–Crippen MR) is 93.3 cm³/mol. The van der Waals surface area contributed by atoms with Crippen molar-refractivity contribution in [2.75, 3.05) is 14.2 Å². The first-order chi connectivity index (χ1) is 11.5. The van der Waals surface area contributed by atoms with E-state index >= 15 is 0 Å². The Labute approximate surface area is 144 Å². The molecule has 5 heteroatoms. The maximum absolute atomic E-state index is 13.0. The molecule has 1 amide bonds. The molecule has 0 aliphatic heterocycles. The molecule has 1 aliphatic rings. The Morgan fingerprint density at radius 3 is 2.54 bits per heavy atom. The largest absolute Gasteiger partial charge is 0.469 e. The molecule has 3 atom stereocenters. The lowest BCUT2D eigenvalue weighted by Gasteiger charge is -2.37. The fourth-order valence-electron chi connectivity index (χ4n) is 3.50. The number of ether oxygens (including phenoxy) is 1. The third kappa shape index (κ3) is 4.81. The van der Waals surface area contributed by atoms with Crippen molar-refractivity contribution in [3.63, 3.8) is 0 Å². The normalized spacial score (nSPS) is 21.8. The second kappa shape index (κ2) is 8.83. The van der Waals surface area contributed by atoms with Crippen molar-refractivity contribution >= 4 is 11.9 Å². The monoisotopic (exact) mass is 332 g/mol. The van der Waals surface area contributed by atoms with Crippen LogP contribution in [0.2, 0.25) is 0 Å². The highest BCUT2D eigenvalue weighted by Crippen LogP contribution is 2.24. The summed E-state index contributed by atoms with van der Waals surface area (Å²) in [5.74, 6) is -0.795. The Morgan fingerprint density at radius 2 is 1.92 bits per heavy atom. The van der Waals surface area contributed by atoms with Gasteiger partial charge >= 0.3 is 5.97 Å². The maximum Gasteiger partial charge on any atom is 0.306 e. The average Bonchev–Trinajstić information content (AvgIpc) is 2.61. The molecule has 0 saturated heterocycles. The molecule has 2 N–H and O–H groups in total. The van der Waals surface area contributed by atoms with Crippen LogP contribution in [0.5, 0.6) is 0 Å². The Bertz CT molecular complexity index is 547. The molecule has 132 valence electrons. The van der Waals surface area contributed by atoms with Crippen LogP contribution in [0.15, 0.2) is 30.3 Å². The molecule has 1 saturated carbocycles. The number of carbonyl (C=O) groups excluding carboxylic acids is 2. The number of rotatable bonds is 6. The number of esters is 1. The van der Waals surface area contributed by atoms with Crippen LogP contribution in [0.1, 0.15) is 37.7 Å². The topological polar surface area (TPSA) is 72.6 Å². The second-order valence-electron chi connectivity index (χ2n) is 6.63. The molecule has 2 rings (SSSR count). The van der Waals surface area contributed by atoms with Crippen molar-refractivity contribution in [2.45, 2.75) is 50.6 Å². The van der Waals surface area contributed by atoms with Crippen molar-refractivity contribution < 1.29 is 14.3 Å². The predicted octanol–water partition coefficient (Wildman–Crippen LogP) is 2.14. The summed E-state index contributed by atoms with van der Waals surface area (Å²) in [7, 11) is 3.17. The van der Waals surface area contributed by atoms with E-state index in [2.05, 4.69) is 0 Å². The molecule has 0 bridgehead atoms. The summed E-state index contributed by atoms with van der Waals surface area (Å²) >= 11 is 0. The van der Waals surface area contributed by atoms with E-state index in [0.717, 1.165) is 31.2 Å². The van der Waals surface area contributed by atoms with Crippen molar-refractivity contribution in [3.8, 4) is 0 Å². The average molecular weight is 332 g/mol. The van der Waals surface area contributed by atoms with Crippen molar-refractivity contribution in [3.05, 3.63) is 35.9 Å². The summed E-state index contributed by atoms with van der Waals surface area (Å²) < 4.78 is 4.78. The van der Waals surface area contributed by atoms with Gasteiger partial charge in [-0.25, -0.2) is 0 Å². The Kier molecular flexibility index (Phi) is 6.79. The summed E-state index contributed by atoms with van der Waals surface area (Å²) in [6, 6.07) is 9.85. The number of nitrogens with zero attached hydrogens (tertiary/aromatic N) is 1. The third-order valence-corrected chi connectivity index (χ3v) is 4.94. The quantitative estimate of drug-likeness (QED) is 0.810. The van der Waals surface area contributed by atoms with E-state index < -0.39 is 5.92 Å². The van der Waals surface area contributed by atoms with Gasteiger partial charge in [-0.05, 0) is 24.8 Å². The smallest absolute Gasteiger partial charge is 0.306 e. The summed E-state index contributed by atoms with van der Waals surface area (Å²) in [6.45, 7) is 0. The van der Waals surface area contributed by atoms with Crippen molar-refractivity contribution in [2.24, 2.45) is 11.7 Å². The lowest BCUT2D eigenvalue weighted by Crippen LogP contribution is -2.52. The number of carbonyl (C=O) groups is 2. The SMILES string of the molecule is COC(=O)C[C@@H](Cc1ccccc1)C(=O)N(C)[C@H]1CCCC[C@@H]1N. The number of hydrogen-bond donors (Lipinski definition) is 1. The minimum absolute atomic E-state index is 0.0169. The van der Waals surface area contributed by atoms with E-state index in [9.17, 15) is 9.59 Å². The van der Waals surface area contributed by atoms with Crippen LogP contribution in [0, 0.1) is 5.92 Å². The zero-order chi connectivity index (χ0) is 17.5. The Balaban J connectivity index is 2.11. The van der Waals surface area contributed by atoms with Gasteiger partial charge < -0.3 is 15.4 Å². The first-order valence-corrected chi connectivity index (χ1v) is 8.66. The van der Waals surface area contributed by atoms with Gasteiger partial charge in [0.2, 0.25) is 5.91 Å². The van der Waals surface area contributed by atoms with E-state index in [4.69, 9.17) is 10.5 Å². The summed E-state index contributed by atoms with van der Waals surface area (Å²) in [5.41, 5.74) is 7.26. The van der Waals surface area contributed by atoms with Crippen LogP contribution in [0.3, 0.4) is 0 Å². The van der Waals surface area contributed by atoms with Gasteiger partial charge in [0.25, 0.3) is 0 Å². The Morgan fingerprint density at radius 1 is 1.25 bits per heavy atom. The number of likely N-dealkylation sites (N-methyl/N-ethyl adjacent to an activating group) is 1. The first-order valence-electron chi connectivity index (χ1n) is 8.66. The number of methoxy groups -OCH3 is 1. The maximum atomic E-state index is 13.0. The summed E-state index contributed by atoms with van der Waals surface area (Å²) in [5, 5.41) is 0. The molecular formula is C19H28N2O3. The van der Waals surface area contributed by atoms with Gasteiger partial charge in [0, 0.05) is 19.1 Å². The van der Waals surface area contributed by atoms with Crippen molar-refractivity contribution in [1.82, 2.24) is 4.90 Å². The van der Waals surface area contributed by atoms with E-state index in [-0.39, 0.29) is 30.4 Å². The molecule has 0 radical (unpaired) electrons. The fraction of sp³-hybridized carbons (Fsp3) is 0.579. The van der Waals surface area contributed by atoms with Gasteiger partial charge in [-0.15, -0.1) is 0 Å². The minimum atomic E-state index is -0.418. The van der Waals surface area contributed by atoms with Crippen LogP contribution >= 0.6 is 0 Å².